The average molecular weight is 227 g/mol. The van der Waals surface area contributed by atoms with E-state index < -0.39 is 0 Å². The molecule has 2 nitrogen and oxygen atoms in total. The van der Waals surface area contributed by atoms with Gasteiger partial charge in [-0.3, -0.25) is 0 Å². The number of phenolic OH excluding ortho intramolecular Hbond substituents is 1. The minimum atomic E-state index is 0.170. The zero-order chi connectivity index (χ0) is 12.3. The summed E-state index contributed by atoms with van der Waals surface area (Å²) < 4.78 is 0. The van der Waals surface area contributed by atoms with Crippen LogP contribution in [-0.4, -0.2) is 5.11 Å². The highest BCUT2D eigenvalue weighted by atomic mass is 16.3. The van der Waals surface area contributed by atoms with Crippen molar-refractivity contribution in [3.63, 3.8) is 0 Å². The van der Waals surface area contributed by atoms with Gasteiger partial charge in [0, 0.05) is 6.04 Å². The smallest absolute Gasteiger partial charge is 0.138 e. The molecule has 0 aromatic heterocycles. The predicted octanol–water partition coefficient (Wildman–Crippen LogP) is 3.87. The average Bonchev–Trinajstić information content (AvgIpc) is 2.35. The quantitative estimate of drug-likeness (QED) is 0.780. The summed E-state index contributed by atoms with van der Waals surface area (Å²) in [6, 6.07) is 15.9. The van der Waals surface area contributed by atoms with E-state index in [0.29, 0.717) is 5.75 Å². The molecule has 0 aliphatic heterocycles. The van der Waals surface area contributed by atoms with Crippen LogP contribution in [-0.2, 0) is 0 Å². The van der Waals surface area contributed by atoms with Gasteiger partial charge in [0.2, 0.25) is 0 Å². The summed E-state index contributed by atoms with van der Waals surface area (Å²) in [7, 11) is 0. The number of aryl methyl sites for hydroxylation is 1. The summed E-state index contributed by atoms with van der Waals surface area (Å²) in [5, 5.41) is 13.2. The molecule has 0 aliphatic rings. The number of benzene rings is 2. The Labute approximate surface area is 102 Å². The second-order valence-corrected chi connectivity index (χ2v) is 4.25. The maximum absolute atomic E-state index is 9.82. The molecule has 0 radical (unpaired) electrons. The Hall–Kier alpha value is -1.96. The molecule has 0 amide bonds. The molecular weight excluding hydrogens is 210 g/mol. The van der Waals surface area contributed by atoms with Crippen LogP contribution in [0, 0.1) is 6.92 Å². The van der Waals surface area contributed by atoms with E-state index in [1.54, 1.807) is 6.07 Å². The molecule has 2 aromatic carbocycles. The third kappa shape index (κ3) is 2.59. The molecule has 2 N–H and O–H groups in total. The summed E-state index contributed by atoms with van der Waals surface area (Å²) in [4.78, 5) is 0. The lowest BCUT2D eigenvalue weighted by Crippen LogP contribution is -2.07. The van der Waals surface area contributed by atoms with E-state index in [9.17, 15) is 5.11 Å². The first kappa shape index (κ1) is 11.5. The first-order valence-electron chi connectivity index (χ1n) is 5.78. The van der Waals surface area contributed by atoms with E-state index in [-0.39, 0.29) is 6.04 Å². The van der Waals surface area contributed by atoms with Gasteiger partial charge in [-0.05, 0) is 31.0 Å². The topological polar surface area (TPSA) is 32.3 Å². The minimum Gasteiger partial charge on any atom is -0.506 e. The van der Waals surface area contributed by atoms with E-state index in [1.165, 1.54) is 5.56 Å². The molecule has 2 heteroatoms. The van der Waals surface area contributed by atoms with Gasteiger partial charge in [0.05, 0.1) is 5.69 Å². The molecule has 0 heterocycles. The highest BCUT2D eigenvalue weighted by molar-refractivity contribution is 5.61. The van der Waals surface area contributed by atoms with Gasteiger partial charge in [0.1, 0.15) is 5.75 Å². The molecule has 0 spiro atoms. The molecule has 1 unspecified atom stereocenters. The van der Waals surface area contributed by atoms with Crippen molar-refractivity contribution < 1.29 is 5.11 Å². The number of nitrogens with one attached hydrogen (secondary N) is 1. The van der Waals surface area contributed by atoms with E-state index in [0.717, 1.165) is 11.3 Å². The van der Waals surface area contributed by atoms with Crippen molar-refractivity contribution in [1.82, 2.24) is 0 Å². The monoisotopic (exact) mass is 227 g/mol. The second kappa shape index (κ2) is 4.91. The molecule has 1 atom stereocenters. The van der Waals surface area contributed by atoms with Crippen molar-refractivity contribution in [3.8, 4) is 5.75 Å². The Bertz CT molecular complexity index is 473. The van der Waals surface area contributed by atoms with Crippen LogP contribution < -0.4 is 5.32 Å². The molecule has 0 bridgehead atoms. The molecule has 17 heavy (non-hydrogen) atoms. The van der Waals surface area contributed by atoms with Crippen LogP contribution in [0.1, 0.15) is 24.1 Å². The molecule has 88 valence electrons. The van der Waals surface area contributed by atoms with Crippen LogP contribution in [0.15, 0.2) is 48.5 Å². The van der Waals surface area contributed by atoms with E-state index in [1.807, 2.05) is 37.3 Å². The van der Waals surface area contributed by atoms with Crippen molar-refractivity contribution in [3.05, 3.63) is 59.7 Å². The maximum atomic E-state index is 9.82. The van der Waals surface area contributed by atoms with Crippen LogP contribution in [0.2, 0.25) is 0 Å². The van der Waals surface area contributed by atoms with E-state index in [4.69, 9.17) is 0 Å². The lowest BCUT2D eigenvalue weighted by molar-refractivity contribution is 0.476. The largest absolute Gasteiger partial charge is 0.506 e. The van der Waals surface area contributed by atoms with Gasteiger partial charge in [0.15, 0.2) is 0 Å². The SMILES string of the molecule is Cc1cccc(O)c1NC(C)c1ccccc1. The highest BCUT2D eigenvalue weighted by Crippen LogP contribution is 2.30. The van der Waals surface area contributed by atoms with Crippen LogP contribution in [0.3, 0.4) is 0 Å². The van der Waals surface area contributed by atoms with Gasteiger partial charge in [-0.2, -0.15) is 0 Å². The number of para-hydroxylation sites is 1. The zero-order valence-corrected chi connectivity index (χ0v) is 10.1. The van der Waals surface area contributed by atoms with Crippen LogP contribution in [0.5, 0.6) is 5.75 Å². The fourth-order valence-corrected chi connectivity index (χ4v) is 1.88. The lowest BCUT2D eigenvalue weighted by Gasteiger charge is -2.18. The number of phenols is 1. The maximum Gasteiger partial charge on any atom is 0.138 e. The Balaban J connectivity index is 2.22. The van der Waals surface area contributed by atoms with E-state index >= 15 is 0 Å². The van der Waals surface area contributed by atoms with Gasteiger partial charge < -0.3 is 10.4 Å². The molecule has 0 aliphatic carbocycles. The van der Waals surface area contributed by atoms with Gasteiger partial charge in [-0.15, -0.1) is 0 Å². The normalized spacial score (nSPS) is 12.1. The fraction of sp³-hybridized carbons (Fsp3) is 0.200. The molecule has 0 fully saturated rings. The predicted molar refractivity (Wildman–Crippen MR) is 71.3 cm³/mol. The summed E-state index contributed by atoms with van der Waals surface area (Å²) in [5.74, 6) is 0.299. The van der Waals surface area contributed by atoms with Crippen LogP contribution in [0.4, 0.5) is 5.69 Å². The number of rotatable bonds is 3. The lowest BCUT2D eigenvalue weighted by atomic mass is 10.1. The fourth-order valence-electron chi connectivity index (χ4n) is 1.88. The molecule has 2 aromatic rings. The third-order valence-corrected chi connectivity index (χ3v) is 2.91. The summed E-state index contributed by atoms with van der Waals surface area (Å²) in [6.45, 7) is 4.07. The first-order chi connectivity index (χ1) is 8.18. The number of hydrogen-bond donors (Lipinski definition) is 2. The number of hydrogen-bond acceptors (Lipinski definition) is 2. The second-order valence-electron chi connectivity index (χ2n) is 4.25. The van der Waals surface area contributed by atoms with Crippen molar-refractivity contribution >= 4 is 5.69 Å². The Morgan fingerprint density at radius 3 is 2.35 bits per heavy atom. The molecule has 2 rings (SSSR count). The van der Waals surface area contributed by atoms with Crippen LogP contribution in [0.25, 0.3) is 0 Å². The molecule has 0 saturated carbocycles. The van der Waals surface area contributed by atoms with Crippen molar-refractivity contribution in [2.45, 2.75) is 19.9 Å². The Kier molecular flexibility index (Phi) is 3.33. The third-order valence-electron chi connectivity index (χ3n) is 2.91. The minimum absolute atomic E-state index is 0.170. The van der Waals surface area contributed by atoms with Gasteiger partial charge in [0.25, 0.3) is 0 Å². The number of aromatic hydroxyl groups is 1. The van der Waals surface area contributed by atoms with Gasteiger partial charge >= 0.3 is 0 Å². The Morgan fingerprint density at radius 1 is 1.00 bits per heavy atom. The van der Waals surface area contributed by atoms with Crippen LogP contribution >= 0.6 is 0 Å². The van der Waals surface area contributed by atoms with E-state index in [2.05, 4.69) is 24.4 Å². The molecule has 0 saturated heterocycles. The standard InChI is InChI=1S/C15H17NO/c1-11-7-6-10-14(17)15(11)16-12(2)13-8-4-3-5-9-13/h3-10,12,16-17H,1-2H3. The molecular formula is C15H17NO. The zero-order valence-electron chi connectivity index (χ0n) is 10.1. The summed E-state index contributed by atoms with van der Waals surface area (Å²) in [6.07, 6.45) is 0. The first-order valence-corrected chi connectivity index (χ1v) is 5.78. The van der Waals surface area contributed by atoms with Gasteiger partial charge in [-0.1, -0.05) is 42.5 Å². The summed E-state index contributed by atoms with van der Waals surface area (Å²) in [5.41, 5.74) is 3.06. The summed E-state index contributed by atoms with van der Waals surface area (Å²) >= 11 is 0. The number of anilines is 1. The Morgan fingerprint density at radius 2 is 1.71 bits per heavy atom. The highest BCUT2D eigenvalue weighted by Gasteiger charge is 2.09. The van der Waals surface area contributed by atoms with Gasteiger partial charge in [-0.25, -0.2) is 0 Å². The van der Waals surface area contributed by atoms with Crippen molar-refractivity contribution in [1.29, 1.82) is 0 Å². The van der Waals surface area contributed by atoms with Crippen molar-refractivity contribution in [2.75, 3.05) is 5.32 Å². The van der Waals surface area contributed by atoms with Crippen molar-refractivity contribution in [2.24, 2.45) is 0 Å².